The molecule has 0 aromatic carbocycles. The summed E-state index contributed by atoms with van der Waals surface area (Å²) in [5.41, 5.74) is 1.07. The Kier molecular flexibility index (Phi) is 5.11. The number of aromatic nitrogens is 1. The van der Waals surface area contributed by atoms with Crippen molar-refractivity contribution in [3.05, 3.63) is 30.1 Å². The second-order valence-electron chi connectivity index (χ2n) is 4.84. The van der Waals surface area contributed by atoms with Crippen LogP contribution in [-0.4, -0.2) is 47.4 Å². The van der Waals surface area contributed by atoms with E-state index >= 15 is 0 Å². The minimum absolute atomic E-state index is 0.224. The highest BCUT2D eigenvalue weighted by atomic mass is 16.5. The normalized spacial score (nSPS) is 24.4. The Balaban J connectivity index is 1.88. The molecule has 0 saturated carbocycles. The Labute approximate surface area is 109 Å². The lowest BCUT2D eigenvalue weighted by Crippen LogP contribution is -2.40. The van der Waals surface area contributed by atoms with Gasteiger partial charge in [0.2, 0.25) is 0 Å². The zero-order chi connectivity index (χ0) is 12.8. The first kappa shape index (κ1) is 13.5. The maximum absolute atomic E-state index is 9.96. The fourth-order valence-electron chi connectivity index (χ4n) is 2.32. The van der Waals surface area contributed by atoms with Gasteiger partial charge in [-0.3, -0.25) is 9.88 Å². The van der Waals surface area contributed by atoms with E-state index in [2.05, 4.69) is 16.8 Å². The molecule has 2 rings (SSSR count). The summed E-state index contributed by atoms with van der Waals surface area (Å²) in [6.45, 7) is 6.15. The number of rotatable bonds is 5. The number of hydrogen-bond acceptors (Lipinski definition) is 4. The second kappa shape index (κ2) is 6.83. The summed E-state index contributed by atoms with van der Waals surface area (Å²) in [6, 6.07) is 5.98. The summed E-state index contributed by atoms with van der Waals surface area (Å²) in [5, 5.41) is 9.96. The molecule has 100 valence electrons. The van der Waals surface area contributed by atoms with Gasteiger partial charge >= 0.3 is 0 Å². The molecule has 1 fully saturated rings. The molecule has 1 N–H and O–H groups in total. The maximum Gasteiger partial charge on any atom is 0.0624 e. The Hall–Kier alpha value is -0.970. The van der Waals surface area contributed by atoms with E-state index in [-0.39, 0.29) is 12.0 Å². The van der Waals surface area contributed by atoms with Gasteiger partial charge in [-0.15, -0.1) is 0 Å². The summed E-state index contributed by atoms with van der Waals surface area (Å²) in [5.74, 6) is 0.224. The third kappa shape index (κ3) is 3.77. The molecule has 1 aliphatic rings. The lowest BCUT2D eigenvalue weighted by Gasteiger charge is -2.32. The molecule has 1 saturated heterocycles. The number of hydrogen-bond donors (Lipinski definition) is 1. The fraction of sp³-hybridized carbons (Fsp3) is 0.643. The van der Waals surface area contributed by atoms with Gasteiger partial charge in [0.05, 0.1) is 18.4 Å². The Bertz CT molecular complexity index is 345. The predicted octanol–water partition coefficient (Wildman–Crippen LogP) is 1.30. The van der Waals surface area contributed by atoms with Crippen LogP contribution >= 0.6 is 0 Å². The number of ether oxygens (including phenoxy) is 1. The number of aliphatic hydroxyl groups is 1. The van der Waals surface area contributed by atoms with Gasteiger partial charge in [0.25, 0.3) is 0 Å². The van der Waals surface area contributed by atoms with Gasteiger partial charge in [-0.25, -0.2) is 0 Å². The average Bonchev–Trinajstić information content (AvgIpc) is 2.41. The van der Waals surface area contributed by atoms with Crippen LogP contribution in [0.1, 0.15) is 19.0 Å². The van der Waals surface area contributed by atoms with Crippen molar-refractivity contribution in [2.45, 2.75) is 26.0 Å². The minimum atomic E-state index is -0.225. The van der Waals surface area contributed by atoms with E-state index in [1.807, 2.05) is 24.4 Å². The van der Waals surface area contributed by atoms with Crippen LogP contribution in [0.4, 0.5) is 0 Å². The molecule has 0 amide bonds. The van der Waals surface area contributed by atoms with Gasteiger partial charge in [-0.05, 0) is 25.1 Å². The summed E-state index contributed by atoms with van der Waals surface area (Å²) < 4.78 is 5.45. The highest BCUT2D eigenvalue weighted by Gasteiger charge is 2.25. The molecular formula is C14H22N2O2. The number of aliphatic hydroxyl groups excluding tert-OH is 1. The van der Waals surface area contributed by atoms with Crippen molar-refractivity contribution < 1.29 is 9.84 Å². The van der Waals surface area contributed by atoms with Crippen molar-refractivity contribution in [2.75, 3.05) is 26.3 Å². The summed E-state index contributed by atoms with van der Waals surface area (Å²) in [6.07, 6.45) is 2.35. The third-order valence-corrected chi connectivity index (χ3v) is 3.49. The van der Waals surface area contributed by atoms with Crippen LogP contribution < -0.4 is 0 Å². The third-order valence-electron chi connectivity index (χ3n) is 3.49. The van der Waals surface area contributed by atoms with Crippen LogP contribution in [0.2, 0.25) is 0 Å². The molecule has 18 heavy (non-hydrogen) atoms. The maximum atomic E-state index is 9.96. The molecule has 0 bridgehead atoms. The first-order valence-corrected chi connectivity index (χ1v) is 6.67. The van der Waals surface area contributed by atoms with E-state index in [0.717, 1.165) is 31.7 Å². The van der Waals surface area contributed by atoms with Crippen molar-refractivity contribution in [3.63, 3.8) is 0 Å². The van der Waals surface area contributed by atoms with Crippen LogP contribution in [0, 0.1) is 5.92 Å². The van der Waals surface area contributed by atoms with Crippen molar-refractivity contribution >= 4 is 0 Å². The Morgan fingerprint density at radius 2 is 2.39 bits per heavy atom. The highest BCUT2D eigenvalue weighted by molar-refractivity contribution is 5.03. The fourth-order valence-corrected chi connectivity index (χ4v) is 2.32. The average molecular weight is 250 g/mol. The second-order valence-corrected chi connectivity index (χ2v) is 4.84. The molecule has 0 aliphatic carbocycles. The molecule has 2 heterocycles. The zero-order valence-corrected chi connectivity index (χ0v) is 11.0. The van der Waals surface area contributed by atoms with E-state index < -0.39 is 0 Å². The van der Waals surface area contributed by atoms with Crippen LogP contribution in [-0.2, 0) is 11.3 Å². The van der Waals surface area contributed by atoms with Gasteiger partial charge in [-0.2, -0.15) is 0 Å². The monoisotopic (exact) mass is 250 g/mol. The quantitative estimate of drug-likeness (QED) is 0.855. The molecule has 2 atom stereocenters. The molecule has 4 heteroatoms. The molecule has 1 aromatic heterocycles. The lowest BCUT2D eigenvalue weighted by atomic mass is 9.98. The zero-order valence-electron chi connectivity index (χ0n) is 11.0. The van der Waals surface area contributed by atoms with Crippen molar-refractivity contribution in [1.29, 1.82) is 0 Å². The van der Waals surface area contributed by atoms with E-state index in [1.54, 1.807) is 0 Å². The molecular weight excluding hydrogens is 228 g/mol. The smallest absolute Gasteiger partial charge is 0.0624 e. The Morgan fingerprint density at radius 1 is 1.50 bits per heavy atom. The first-order chi connectivity index (χ1) is 8.79. The predicted molar refractivity (Wildman–Crippen MR) is 70.1 cm³/mol. The van der Waals surface area contributed by atoms with Gasteiger partial charge in [0.1, 0.15) is 0 Å². The molecule has 0 spiro atoms. The molecule has 1 aromatic rings. The largest absolute Gasteiger partial charge is 0.393 e. The van der Waals surface area contributed by atoms with Gasteiger partial charge in [0.15, 0.2) is 0 Å². The first-order valence-electron chi connectivity index (χ1n) is 6.67. The summed E-state index contributed by atoms with van der Waals surface area (Å²) in [7, 11) is 0. The van der Waals surface area contributed by atoms with Crippen LogP contribution in [0.25, 0.3) is 0 Å². The van der Waals surface area contributed by atoms with Crippen LogP contribution in [0.5, 0.6) is 0 Å². The van der Waals surface area contributed by atoms with Gasteiger partial charge < -0.3 is 9.84 Å². The minimum Gasteiger partial charge on any atom is -0.393 e. The standard InChI is InChI=1S/C14H22N2O2/c1-2-16(10-13-5-3-4-7-15-13)9-12-11-18-8-6-14(12)17/h3-5,7,12,14,17H,2,6,8-11H2,1H3. The van der Waals surface area contributed by atoms with Gasteiger partial charge in [0, 0.05) is 31.8 Å². The van der Waals surface area contributed by atoms with Crippen molar-refractivity contribution in [2.24, 2.45) is 5.92 Å². The van der Waals surface area contributed by atoms with Gasteiger partial charge in [-0.1, -0.05) is 13.0 Å². The SMILES string of the molecule is CCN(Cc1ccccn1)CC1COCCC1O. The molecule has 1 aliphatic heterocycles. The summed E-state index contributed by atoms with van der Waals surface area (Å²) >= 11 is 0. The van der Waals surface area contributed by atoms with Crippen molar-refractivity contribution in [3.8, 4) is 0 Å². The van der Waals surface area contributed by atoms with E-state index in [0.29, 0.717) is 13.2 Å². The van der Waals surface area contributed by atoms with Crippen molar-refractivity contribution in [1.82, 2.24) is 9.88 Å². The molecule has 2 unspecified atom stereocenters. The topological polar surface area (TPSA) is 45.6 Å². The van der Waals surface area contributed by atoms with E-state index in [9.17, 15) is 5.11 Å². The molecule has 4 nitrogen and oxygen atoms in total. The van der Waals surface area contributed by atoms with E-state index in [1.165, 1.54) is 0 Å². The Morgan fingerprint density at radius 3 is 3.06 bits per heavy atom. The van der Waals surface area contributed by atoms with Crippen LogP contribution in [0.15, 0.2) is 24.4 Å². The van der Waals surface area contributed by atoms with E-state index in [4.69, 9.17) is 4.74 Å². The lowest BCUT2D eigenvalue weighted by molar-refractivity contribution is -0.0470. The summed E-state index contributed by atoms with van der Waals surface area (Å²) in [4.78, 5) is 6.65. The number of nitrogens with zero attached hydrogens (tertiary/aromatic N) is 2. The molecule has 0 radical (unpaired) electrons. The van der Waals surface area contributed by atoms with Crippen LogP contribution in [0.3, 0.4) is 0 Å². The highest BCUT2D eigenvalue weighted by Crippen LogP contribution is 2.16. The number of pyridine rings is 1.